The number of amides is 1. The van der Waals surface area contributed by atoms with Crippen molar-refractivity contribution in [1.82, 2.24) is 25.2 Å². The molecular weight excluding hydrogens is 634 g/mol. The van der Waals surface area contributed by atoms with Gasteiger partial charge in [-0.3, -0.25) is 14.7 Å². The Labute approximate surface area is 281 Å². The maximum Gasteiger partial charge on any atom is 0.319 e. The quantitative estimate of drug-likeness (QED) is 0.201. The van der Waals surface area contributed by atoms with Gasteiger partial charge < -0.3 is 29.5 Å². The summed E-state index contributed by atoms with van der Waals surface area (Å²) in [5.41, 5.74) is -0.275. The van der Waals surface area contributed by atoms with Crippen LogP contribution in [0.15, 0.2) is 43.1 Å². The van der Waals surface area contributed by atoms with Crippen molar-refractivity contribution < 1.29 is 32.9 Å². The van der Waals surface area contributed by atoms with Gasteiger partial charge in [0.15, 0.2) is 5.82 Å². The highest BCUT2D eigenvalue weighted by atomic mass is 19.1. The van der Waals surface area contributed by atoms with Crippen LogP contribution in [0.4, 0.5) is 14.6 Å². The number of rotatable bonds is 9. The third-order valence-corrected chi connectivity index (χ3v) is 9.32. The Kier molecular flexibility index (Phi) is 9.02. The molecule has 1 unspecified atom stereocenters. The number of ether oxygens (including phenoxy) is 3. The maximum atomic E-state index is 16.9. The van der Waals surface area contributed by atoms with E-state index in [2.05, 4.69) is 32.7 Å². The fraction of sp³-hybridized carbons (Fsp3) is 0.389. The molecule has 49 heavy (non-hydrogen) atoms. The first-order valence-corrected chi connectivity index (χ1v) is 16.2. The number of carbonyl (C=O) groups is 1. The molecule has 0 radical (unpaired) electrons. The van der Waals surface area contributed by atoms with Gasteiger partial charge in [0.1, 0.15) is 28.6 Å². The number of terminal acetylenes is 1. The van der Waals surface area contributed by atoms with Crippen molar-refractivity contribution >= 4 is 33.4 Å². The highest BCUT2D eigenvalue weighted by Crippen LogP contribution is 2.47. The number of phenolic OH excluding ortho intramolecular Hbond substituents is 1. The van der Waals surface area contributed by atoms with E-state index in [-0.39, 0.29) is 57.4 Å². The summed E-state index contributed by atoms with van der Waals surface area (Å²) >= 11 is 0. The zero-order valence-corrected chi connectivity index (χ0v) is 26.9. The summed E-state index contributed by atoms with van der Waals surface area (Å²) in [4.78, 5) is 30.2. The van der Waals surface area contributed by atoms with Gasteiger partial charge in [0.05, 0.1) is 50.0 Å². The summed E-state index contributed by atoms with van der Waals surface area (Å²) < 4.78 is 49.3. The summed E-state index contributed by atoms with van der Waals surface area (Å²) in [7, 11) is 0. The van der Waals surface area contributed by atoms with Gasteiger partial charge in [0.2, 0.25) is 5.91 Å². The number of hydrogen-bond acceptors (Lipinski definition) is 10. The molecule has 0 spiro atoms. The molecule has 1 amide bonds. The zero-order chi connectivity index (χ0) is 34.1. The summed E-state index contributed by atoms with van der Waals surface area (Å²) in [5.74, 6) is 0.729. The lowest BCUT2D eigenvalue weighted by Gasteiger charge is -2.30. The van der Waals surface area contributed by atoms with E-state index in [4.69, 9.17) is 25.6 Å². The van der Waals surface area contributed by atoms with E-state index in [9.17, 15) is 14.3 Å². The molecule has 3 fully saturated rings. The fourth-order valence-corrected chi connectivity index (χ4v) is 6.59. The first-order chi connectivity index (χ1) is 23.8. The van der Waals surface area contributed by atoms with Crippen LogP contribution in [0.2, 0.25) is 0 Å². The number of nitrogens with one attached hydrogen (secondary N) is 1. The van der Waals surface area contributed by atoms with Gasteiger partial charge in [-0.1, -0.05) is 18.6 Å². The number of phenols is 1. The van der Waals surface area contributed by atoms with Gasteiger partial charge in [-0.25, -0.2) is 8.78 Å². The van der Waals surface area contributed by atoms with Crippen LogP contribution < -0.4 is 15.0 Å². The number of carbonyl (C=O) groups excluding carboxylic acids is 1. The van der Waals surface area contributed by atoms with Crippen LogP contribution in [-0.2, 0) is 14.3 Å². The minimum Gasteiger partial charge on any atom is -0.508 e. The number of anilines is 1. The molecule has 11 nitrogen and oxygen atoms in total. The largest absolute Gasteiger partial charge is 0.508 e. The predicted octanol–water partition coefficient (Wildman–Crippen LogP) is 3.81. The second-order valence-electron chi connectivity index (χ2n) is 12.8. The minimum atomic E-state index is -0.817. The third-order valence-electron chi connectivity index (χ3n) is 9.32. The van der Waals surface area contributed by atoms with Crippen LogP contribution in [0.25, 0.3) is 32.9 Å². The van der Waals surface area contributed by atoms with Crippen molar-refractivity contribution in [3.8, 4) is 35.4 Å². The van der Waals surface area contributed by atoms with Gasteiger partial charge in [-0.2, -0.15) is 9.97 Å². The molecule has 7 rings (SSSR count). The highest BCUT2D eigenvalue weighted by molar-refractivity contribution is 6.03. The smallest absolute Gasteiger partial charge is 0.319 e. The third kappa shape index (κ3) is 6.72. The molecule has 2 aromatic carbocycles. The van der Waals surface area contributed by atoms with Crippen molar-refractivity contribution in [2.75, 3.05) is 70.7 Å². The van der Waals surface area contributed by atoms with E-state index in [0.717, 1.165) is 32.5 Å². The molecule has 2 N–H and O–H groups in total. The Balaban J connectivity index is 1.32. The Bertz CT molecular complexity index is 1970. The number of nitrogens with zero attached hydrogens (tertiary/aromatic N) is 5. The Hall–Kier alpha value is -4.90. The molecule has 1 saturated carbocycles. The average molecular weight is 671 g/mol. The number of benzene rings is 2. The molecule has 1 aliphatic carbocycles. The number of aromatic hydroxyl groups is 1. The molecular formula is C36H36F2N6O5. The van der Waals surface area contributed by atoms with Crippen molar-refractivity contribution in [2.45, 2.75) is 18.9 Å². The van der Waals surface area contributed by atoms with E-state index < -0.39 is 17.7 Å². The number of morpholine rings is 1. The van der Waals surface area contributed by atoms with Crippen molar-refractivity contribution in [3.05, 3.63) is 60.3 Å². The molecule has 0 bridgehead atoms. The number of pyridine rings is 1. The normalized spacial score (nSPS) is 19.3. The molecule has 2 aliphatic heterocycles. The molecule has 13 heteroatoms. The monoisotopic (exact) mass is 670 g/mol. The Morgan fingerprint density at radius 3 is 2.73 bits per heavy atom. The van der Waals surface area contributed by atoms with Gasteiger partial charge in [0.25, 0.3) is 0 Å². The van der Waals surface area contributed by atoms with Crippen LogP contribution in [-0.4, -0.2) is 103 Å². The van der Waals surface area contributed by atoms with E-state index in [1.54, 1.807) is 0 Å². The van der Waals surface area contributed by atoms with Crippen LogP contribution in [0.5, 0.6) is 11.8 Å². The van der Waals surface area contributed by atoms with E-state index in [0.29, 0.717) is 56.1 Å². The van der Waals surface area contributed by atoms with E-state index >= 15 is 4.39 Å². The number of hydrogen-bond donors (Lipinski definition) is 2. The van der Waals surface area contributed by atoms with Crippen molar-refractivity contribution in [3.63, 3.8) is 0 Å². The zero-order valence-electron chi connectivity index (χ0n) is 26.9. The number of halogens is 2. The fourth-order valence-electron chi connectivity index (χ4n) is 6.59. The summed E-state index contributed by atoms with van der Waals surface area (Å²) in [6, 6.07) is 4.99. The second kappa shape index (κ2) is 13.5. The van der Waals surface area contributed by atoms with Crippen LogP contribution in [0, 0.1) is 29.4 Å². The van der Waals surface area contributed by atoms with Crippen molar-refractivity contribution in [1.29, 1.82) is 0 Å². The van der Waals surface area contributed by atoms with Gasteiger partial charge in [0, 0.05) is 55.3 Å². The molecule has 1 atom stereocenters. The second-order valence-corrected chi connectivity index (χ2v) is 12.8. The highest BCUT2D eigenvalue weighted by Gasteiger charge is 2.45. The average Bonchev–Trinajstić information content (AvgIpc) is 3.91. The first-order valence-electron chi connectivity index (χ1n) is 16.2. The SMILES string of the molecule is C#Cc1c(F)ccc2cc(O)cc(-c3ncc4c(N5CCOCC(NC(=O)C=C)C5)nc(OCC5(CN6CCOCC6)CC5)nc4c3F)c12. The minimum absolute atomic E-state index is 0.0141. The molecule has 254 valence electrons. The molecule has 4 aromatic rings. The molecule has 3 aliphatic rings. The summed E-state index contributed by atoms with van der Waals surface area (Å²) in [5, 5.41) is 14.4. The number of fused-ring (bicyclic) bond motifs is 2. The Morgan fingerprint density at radius 2 is 1.98 bits per heavy atom. The van der Waals surface area contributed by atoms with Gasteiger partial charge >= 0.3 is 6.01 Å². The standard InChI is InChI=1S/C36H36F2N6O5/c1-3-25-28(37)6-5-22-15-24(45)16-26(30(22)25)32-31(38)33-27(17-39-32)34(44-11-14-48-19-23(18-44)40-29(46)4-2)42-35(41-33)49-21-36(7-8-36)20-43-9-12-47-13-10-43/h1,4-6,15-17,23,45H,2,7-14,18-21H2,(H,40,46). The maximum absolute atomic E-state index is 16.9. The molecule has 4 heterocycles. The lowest BCUT2D eigenvalue weighted by molar-refractivity contribution is -0.117. The summed E-state index contributed by atoms with van der Waals surface area (Å²) in [6.45, 7) is 9.12. The van der Waals surface area contributed by atoms with Crippen LogP contribution in [0.3, 0.4) is 0 Å². The Morgan fingerprint density at radius 1 is 1.18 bits per heavy atom. The van der Waals surface area contributed by atoms with Gasteiger partial charge in [-0.15, -0.1) is 6.42 Å². The predicted molar refractivity (Wildman–Crippen MR) is 179 cm³/mol. The van der Waals surface area contributed by atoms with Crippen LogP contribution >= 0.6 is 0 Å². The number of aromatic nitrogens is 3. The van der Waals surface area contributed by atoms with Crippen molar-refractivity contribution in [2.24, 2.45) is 5.41 Å². The summed E-state index contributed by atoms with van der Waals surface area (Å²) in [6.07, 6.45) is 10.3. The molecule has 2 aromatic heterocycles. The van der Waals surface area contributed by atoms with Gasteiger partial charge in [-0.05, 0) is 42.5 Å². The lowest BCUT2D eigenvalue weighted by Crippen LogP contribution is -2.44. The lowest BCUT2D eigenvalue weighted by atomic mass is 9.96. The topological polar surface area (TPSA) is 122 Å². The first kappa shape index (κ1) is 32.6. The van der Waals surface area contributed by atoms with Crippen LogP contribution in [0.1, 0.15) is 18.4 Å². The molecule has 2 saturated heterocycles. The van der Waals surface area contributed by atoms with E-state index in [1.807, 2.05) is 4.90 Å². The van der Waals surface area contributed by atoms with E-state index in [1.165, 1.54) is 36.5 Å².